The van der Waals surface area contributed by atoms with Gasteiger partial charge in [0, 0.05) is 31.1 Å². The first-order chi connectivity index (χ1) is 14.8. The summed E-state index contributed by atoms with van der Waals surface area (Å²) in [4.78, 5) is 17.2. The molecule has 2 aromatic heterocycles. The van der Waals surface area contributed by atoms with Gasteiger partial charge in [-0.15, -0.1) is 0 Å². The average Bonchev–Trinajstić information content (AvgIpc) is 3.15. The first kappa shape index (κ1) is 21.2. The number of aryl methyl sites for hydroxylation is 1. The predicted molar refractivity (Wildman–Crippen MR) is 111 cm³/mol. The lowest BCUT2D eigenvalue weighted by molar-refractivity contribution is -0.137. The molecule has 3 aromatic rings. The van der Waals surface area contributed by atoms with E-state index in [4.69, 9.17) is 4.74 Å². The van der Waals surface area contributed by atoms with E-state index in [-0.39, 0.29) is 11.6 Å². The van der Waals surface area contributed by atoms with Crippen molar-refractivity contribution >= 4 is 22.9 Å². The van der Waals surface area contributed by atoms with Crippen molar-refractivity contribution in [3.63, 3.8) is 0 Å². The van der Waals surface area contributed by atoms with Crippen molar-refractivity contribution in [1.29, 1.82) is 0 Å². The maximum atomic E-state index is 13.0. The van der Waals surface area contributed by atoms with Crippen molar-refractivity contribution < 1.29 is 22.7 Å². The summed E-state index contributed by atoms with van der Waals surface area (Å²) in [6, 6.07) is 8.54. The molecule has 9 heteroatoms. The maximum absolute atomic E-state index is 13.0. The van der Waals surface area contributed by atoms with Crippen LogP contribution >= 0.6 is 0 Å². The second-order valence-electron chi connectivity index (χ2n) is 7.66. The van der Waals surface area contributed by atoms with Crippen molar-refractivity contribution in [1.82, 2.24) is 14.7 Å². The number of aromatic nitrogens is 2. The van der Waals surface area contributed by atoms with E-state index in [1.165, 1.54) is 18.3 Å². The highest BCUT2D eigenvalue weighted by Crippen LogP contribution is 2.32. The molecule has 164 valence electrons. The lowest BCUT2D eigenvalue weighted by Gasteiger charge is -2.22. The zero-order chi connectivity index (χ0) is 22.0. The number of hydrogen-bond donors (Lipinski definition) is 2. The molecule has 0 atom stereocenters. The molecule has 0 unspecified atom stereocenters. The quantitative estimate of drug-likeness (QED) is 0.620. The van der Waals surface area contributed by atoms with E-state index < -0.39 is 11.7 Å². The van der Waals surface area contributed by atoms with E-state index >= 15 is 0 Å². The Kier molecular flexibility index (Phi) is 5.86. The monoisotopic (exact) mass is 432 g/mol. The number of nitrogens with zero attached hydrogens (tertiary/aromatic N) is 2. The second-order valence-corrected chi connectivity index (χ2v) is 7.66. The van der Waals surface area contributed by atoms with E-state index in [9.17, 15) is 18.0 Å². The third kappa shape index (κ3) is 4.66. The molecule has 1 aliphatic rings. The van der Waals surface area contributed by atoms with Crippen LogP contribution in [0.1, 0.15) is 34.6 Å². The summed E-state index contributed by atoms with van der Waals surface area (Å²) in [7, 11) is 0. The highest BCUT2D eigenvalue weighted by molar-refractivity contribution is 5.94. The first-order valence-corrected chi connectivity index (χ1v) is 10.1. The van der Waals surface area contributed by atoms with Crippen LogP contribution in [0, 0.1) is 12.8 Å². The van der Waals surface area contributed by atoms with Crippen LogP contribution in [0.15, 0.2) is 42.6 Å². The molecule has 6 nitrogen and oxygen atoms in total. The SMILES string of the molecule is Cc1ccc2c(Nc3cccc(C(F)(F)F)c3)ncc(C(=O)NCC3CCOCC3)n12. The highest BCUT2D eigenvalue weighted by Gasteiger charge is 2.30. The molecule has 3 heterocycles. The molecular formula is C22H23F3N4O2. The van der Waals surface area contributed by atoms with E-state index in [0.717, 1.165) is 30.7 Å². The Morgan fingerprint density at radius 1 is 1.23 bits per heavy atom. The highest BCUT2D eigenvalue weighted by atomic mass is 19.4. The minimum Gasteiger partial charge on any atom is -0.381 e. The Hall–Kier alpha value is -3.07. The van der Waals surface area contributed by atoms with Crippen LogP contribution in [0.25, 0.3) is 5.52 Å². The number of halogens is 3. The van der Waals surface area contributed by atoms with Crippen LogP contribution in [-0.2, 0) is 10.9 Å². The number of nitrogens with one attached hydrogen (secondary N) is 2. The van der Waals surface area contributed by atoms with Gasteiger partial charge in [0.05, 0.1) is 17.3 Å². The van der Waals surface area contributed by atoms with Gasteiger partial charge < -0.3 is 19.8 Å². The number of carbonyl (C=O) groups is 1. The Labute approximate surface area is 177 Å². The topological polar surface area (TPSA) is 67.7 Å². The zero-order valence-electron chi connectivity index (χ0n) is 17.0. The summed E-state index contributed by atoms with van der Waals surface area (Å²) in [5.74, 6) is 0.510. The molecule has 0 spiro atoms. The molecule has 0 bridgehead atoms. The summed E-state index contributed by atoms with van der Waals surface area (Å²) in [6.45, 7) is 3.84. The number of ether oxygens (including phenoxy) is 1. The van der Waals surface area contributed by atoms with Gasteiger partial charge in [0.15, 0.2) is 5.82 Å². The van der Waals surface area contributed by atoms with E-state index in [2.05, 4.69) is 15.6 Å². The third-order valence-corrected chi connectivity index (χ3v) is 5.45. The predicted octanol–water partition coefficient (Wildman–Crippen LogP) is 4.56. The Morgan fingerprint density at radius 2 is 2.00 bits per heavy atom. The van der Waals surface area contributed by atoms with Crippen molar-refractivity contribution in [2.75, 3.05) is 25.1 Å². The standard InChI is InChI=1S/C22H23F3N4O2/c1-14-5-6-18-20(28-17-4-2-3-16(11-17)22(23,24)25)26-13-19(29(14)18)21(30)27-12-15-7-9-31-10-8-15/h2-6,11,13,15H,7-10,12H2,1H3,(H,26,28)(H,27,30). The molecule has 0 saturated carbocycles. The van der Waals surface area contributed by atoms with Gasteiger partial charge in [0.2, 0.25) is 0 Å². The van der Waals surface area contributed by atoms with Gasteiger partial charge in [-0.05, 0) is 56.0 Å². The summed E-state index contributed by atoms with van der Waals surface area (Å²) in [6.07, 6.45) is -1.17. The van der Waals surface area contributed by atoms with E-state index in [1.54, 1.807) is 10.5 Å². The van der Waals surface area contributed by atoms with Crippen molar-refractivity contribution in [2.45, 2.75) is 25.9 Å². The van der Waals surface area contributed by atoms with Crippen molar-refractivity contribution in [3.8, 4) is 0 Å². The number of anilines is 2. The number of alkyl halides is 3. The maximum Gasteiger partial charge on any atom is 0.416 e. The van der Waals surface area contributed by atoms with Gasteiger partial charge in [-0.3, -0.25) is 4.79 Å². The molecule has 2 N–H and O–H groups in total. The number of benzene rings is 1. The molecule has 0 aliphatic carbocycles. The number of hydrogen-bond acceptors (Lipinski definition) is 4. The van der Waals surface area contributed by atoms with Gasteiger partial charge in [0.1, 0.15) is 5.69 Å². The van der Waals surface area contributed by atoms with Crippen LogP contribution in [0.5, 0.6) is 0 Å². The Bertz CT molecular complexity index is 1090. The van der Waals surface area contributed by atoms with Gasteiger partial charge in [0.25, 0.3) is 5.91 Å². The summed E-state index contributed by atoms with van der Waals surface area (Å²) < 4.78 is 46.1. The summed E-state index contributed by atoms with van der Waals surface area (Å²) in [5, 5.41) is 5.92. The first-order valence-electron chi connectivity index (χ1n) is 10.1. The molecular weight excluding hydrogens is 409 g/mol. The summed E-state index contributed by atoms with van der Waals surface area (Å²) >= 11 is 0. The molecule has 0 radical (unpaired) electrons. The van der Waals surface area contributed by atoms with Gasteiger partial charge in [-0.25, -0.2) is 4.98 Å². The Balaban J connectivity index is 1.58. The molecule has 4 rings (SSSR count). The number of amides is 1. The van der Waals surface area contributed by atoms with Gasteiger partial charge in [-0.1, -0.05) is 6.07 Å². The van der Waals surface area contributed by atoms with Crippen molar-refractivity contribution in [3.05, 3.63) is 59.5 Å². The van der Waals surface area contributed by atoms with E-state index in [0.29, 0.717) is 42.7 Å². The van der Waals surface area contributed by atoms with E-state index in [1.807, 2.05) is 13.0 Å². The fourth-order valence-corrected chi connectivity index (χ4v) is 3.74. The molecule has 1 amide bonds. The Morgan fingerprint density at radius 3 is 2.74 bits per heavy atom. The average molecular weight is 432 g/mol. The van der Waals surface area contributed by atoms with Crippen LogP contribution in [0.4, 0.5) is 24.7 Å². The smallest absolute Gasteiger partial charge is 0.381 e. The molecule has 1 fully saturated rings. The van der Waals surface area contributed by atoms with Crippen molar-refractivity contribution in [2.24, 2.45) is 5.92 Å². The zero-order valence-corrected chi connectivity index (χ0v) is 17.0. The third-order valence-electron chi connectivity index (χ3n) is 5.45. The molecule has 1 saturated heterocycles. The lowest BCUT2D eigenvalue weighted by Crippen LogP contribution is -2.33. The second kappa shape index (κ2) is 8.58. The molecule has 31 heavy (non-hydrogen) atoms. The van der Waals surface area contributed by atoms with Crippen LogP contribution in [0.3, 0.4) is 0 Å². The fraction of sp³-hybridized carbons (Fsp3) is 0.364. The number of rotatable bonds is 5. The van der Waals surface area contributed by atoms with Gasteiger partial charge >= 0.3 is 6.18 Å². The largest absolute Gasteiger partial charge is 0.416 e. The van der Waals surface area contributed by atoms with Crippen LogP contribution < -0.4 is 10.6 Å². The normalized spacial score (nSPS) is 15.2. The molecule has 1 aromatic carbocycles. The van der Waals surface area contributed by atoms with Crippen LogP contribution in [-0.4, -0.2) is 35.1 Å². The minimum atomic E-state index is -4.43. The van der Waals surface area contributed by atoms with Gasteiger partial charge in [-0.2, -0.15) is 13.2 Å². The van der Waals surface area contributed by atoms with Crippen LogP contribution in [0.2, 0.25) is 0 Å². The molecule has 1 aliphatic heterocycles. The minimum absolute atomic E-state index is 0.242. The lowest BCUT2D eigenvalue weighted by atomic mass is 10.0. The number of fused-ring (bicyclic) bond motifs is 1. The fourth-order valence-electron chi connectivity index (χ4n) is 3.74. The summed E-state index contributed by atoms with van der Waals surface area (Å²) in [5.41, 5.74) is 1.32. The number of carbonyl (C=O) groups excluding carboxylic acids is 1.